The predicted molar refractivity (Wildman–Crippen MR) is 120 cm³/mol. The summed E-state index contributed by atoms with van der Waals surface area (Å²) in [5.41, 5.74) is 4.03. The lowest BCUT2D eigenvalue weighted by Crippen LogP contribution is -2.37. The van der Waals surface area contributed by atoms with Gasteiger partial charge in [-0.25, -0.2) is 0 Å². The fourth-order valence-corrected chi connectivity index (χ4v) is 4.49. The average molecular weight is 404 g/mol. The quantitative estimate of drug-likeness (QED) is 0.639. The Hall–Kier alpha value is -3.05. The number of methoxy groups -OCH3 is 1. The Bertz CT molecular complexity index is 1010. The summed E-state index contributed by atoms with van der Waals surface area (Å²) in [6, 6.07) is 20.0. The maximum Gasteiger partial charge on any atom is 0.246 e. The van der Waals surface area contributed by atoms with Crippen molar-refractivity contribution in [3.63, 3.8) is 0 Å². The third-order valence-electron chi connectivity index (χ3n) is 5.93. The van der Waals surface area contributed by atoms with Crippen LogP contribution in [0.4, 0.5) is 5.69 Å². The highest BCUT2D eigenvalue weighted by atomic mass is 16.5. The summed E-state index contributed by atoms with van der Waals surface area (Å²) in [5.74, 6) is 0.632. The lowest BCUT2D eigenvalue weighted by Gasteiger charge is -2.33. The zero-order valence-corrected chi connectivity index (χ0v) is 17.8. The maximum atomic E-state index is 13.7. The van der Waals surface area contributed by atoms with Crippen molar-refractivity contribution >= 4 is 11.6 Å². The van der Waals surface area contributed by atoms with Crippen LogP contribution in [0.3, 0.4) is 0 Å². The predicted octanol–water partition coefficient (Wildman–Crippen LogP) is 4.86. The van der Waals surface area contributed by atoms with Gasteiger partial charge in [0, 0.05) is 18.9 Å². The number of aromatic nitrogens is 1. The van der Waals surface area contributed by atoms with Gasteiger partial charge in [0.2, 0.25) is 5.91 Å². The molecule has 0 bridgehead atoms. The van der Waals surface area contributed by atoms with E-state index < -0.39 is 0 Å². The molecule has 2 aromatic carbocycles. The third kappa shape index (κ3) is 3.98. The van der Waals surface area contributed by atoms with Crippen LogP contribution in [0.2, 0.25) is 0 Å². The van der Waals surface area contributed by atoms with Gasteiger partial charge >= 0.3 is 0 Å². The van der Waals surface area contributed by atoms with E-state index >= 15 is 0 Å². The molecular formula is C25H29N3O2. The van der Waals surface area contributed by atoms with Gasteiger partial charge in [0.15, 0.2) is 0 Å². The summed E-state index contributed by atoms with van der Waals surface area (Å²) in [4.78, 5) is 16.0. The number of aryl methyl sites for hydroxylation is 2. The Morgan fingerprint density at radius 2 is 1.93 bits per heavy atom. The fourth-order valence-electron chi connectivity index (χ4n) is 4.49. The first kappa shape index (κ1) is 20.2. The molecule has 3 aromatic rings. The number of carbonyl (C=O) groups is 1. The first-order valence-electron chi connectivity index (χ1n) is 10.5. The van der Waals surface area contributed by atoms with E-state index in [1.54, 1.807) is 7.11 Å². The second-order valence-corrected chi connectivity index (χ2v) is 7.95. The molecule has 2 heterocycles. The van der Waals surface area contributed by atoms with Gasteiger partial charge in [-0.1, -0.05) is 36.4 Å². The Labute approximate surface area is 178 Å². The standard InChI is InChI=1S/C25H29N3O2/c1-18-13-14-23(30-3)20(17-18)26-25(29)24(19-9-5-4-6-10-19)28-16-8-12-22(28)21-11-7-15-27(21)2/h4-7,9-11,13-15,17,22,24H,8,12,16H2,1-3H3,(H,26,29). The van der Waals surface area contributed by atoms with Crippen molar-refractivity contribution in [1.29, 1.82) is 0 Å². The highest BCUT2D eigenvalue weighted by molar-refractivity contribution is 5.97. The van der Waals surface area contributed by atoms with Crippen molar-refractivity contribution in [3.8, 4) is 5.75 Å². The van der Waals surface area contributed by atoms with E-state index in [4.69, 9.17) is 4.74 Å². The molecule has 1 aromatic heterocycles. The van der Waals surface area contributed by atoms with Gasteiger partial charge in [0.05, 0.1) is 18.8 Å². The van der Waals surface area contributed by atoms with Gasteiger partial charge in [-0.3, -0.25) is 9.69 Å². The average Bonchev–Trinajstić information content (AvgIpc) is 3.38. The molecule has 5 heteroatoms. The highest BCUT2D eigenvalue weighted by Crippen LogP contribution is 2.39. The van der Waals surface area contributed by atoms with Crippen LogP contribution in [0.1, 0.15) is 41.7 Å². The normalized spacial score (nSPS) is 17.6. The molecule has 2 unspecified atom stereocenters. The first-order valence-corrected chi connectivity index (χ1v) is 10.5. The molecule has 2 atom stereocenters. The van der Waals surface area contributed by atoms with E-state index in [1.165, 1.54) is 5.69 Å². The molecule has 1 fully saturated rings. The minimum Gasteiger partial charge on any atom is -0.495 e. The summed E-state index contributed by atoms with van der Waals surface area (Å²) in [6.07, 6.45) is 4.18. The molecule has 0 aliphatic carbocycles. The van der Waals surface area contributed by atoms with E-state index in [-0.39, 0.29) is 18.0 Å². The van der Waals surface area contributed by atoms with Crippen LogP contribution in [0.25, 0.3) is 0 Å². The molecule has 1 aliphatic heterocycles. The Balaban J connectivity index is 1.70. The molecule has 0 saturated carbocycles. The number of rotatable bonds is 6. The second kappa shape index (κ2) is 8.76. The third-order valence-corrected chi connectivity index (χ3v) is 5.93. The lowest BCUT2D eigenvalue weighted by atomic mass is 10.0. The number of hydrogen-bond acceptors (Lipinski definition) is 3. The number of amides is 1. The van der Waals surface area contributed by atoms with E-state index in [9.17, 15) is 4.79 Å². The van der Waals surface area contributed by atoms with E-state index in [2.05, 4.69) is 40.2 Å². The zero-order valence-electron chi connectivity index (χ0n) is 17.8. The molecule has 0 spiro atoms. The van der Waals surface area contributed by atoms with Crippen LogP contribution in [0, 0.1) is 6.92 Å². The SMILES string of the molecule is COc1ccc(C)cc1NC(=O)C(c1ccccc1)N1CCCC1c1cccn1C. The molecule has 1 N–H and O–H groups in total. The van der Waals surface area contributed by atoms with Crippen molar-refractivity contribution in [2.45, 2.75) is 31.8 Å². The lowest BCUT2D eigenvalue weighted by molar-refractivity contribution is -0.122. The maximum absolute atomic E-state index is 13.7. The van der Waals surface area contributed by atoms with Crippen molar-refractivity contribution in [2.24, 2.45) is 7.05 Å². The van der Waals surface area contributed by atoms with Gasteiger partial charge in [-0.15, -0.1) is 0 Å². The van der Waals surface area contributed by atoms with Crippen LogP contribution in [0.15, 0.2) is 66.9 Å². The summed E-state index contributed by atoms with van der Waals surface area (Å²) in [5, 5.41) is 3.15. The Morgan fingerprint density at radius 3 is 2.63 bits per heavy atom. The summed E-state index contributed by atoms with van der Waals surface area (Å²) in [6.45, 7) is 2.89. The number of carbonyl (C=O) groups excluding carboxylic acids is 1. The first-order chi connectivity index (χ1) is 14.6. The van der Waals surface area contributed by atoms with Crippen molar-refractivity contribution in [1.82, 2.24) is 9.47 Å². The molecule has 1 amide bonds. The van der Waals surface area contributed by atoms with E-state index in [0.717, 1.165) is 30.5 Å². The number of nitrogens with zero attached hydrogens (tertiary/aromatic N) is 2. The van der Waals surface area contributed by atoms with Crippen molar-refractivity contribution in [3.05, 3.63) is 83.7 Å². The Morgan fingerprint density at radius 1 is 1.13 bits per heavy atom. The molecule has 5 nitrogen and oxygen atoms in total. The number of hydrogen-bond donors (Lipinski definition) is 1. The van der Waals surface area contributed by atoms with Crippen LogP contribution in [0.5, 0.6) is 5.75 Å². The van der Waals surface area contributed by atoms with Crippen molar-refractivity contribution < 1.29 is 9.53 Å². The van der Waals surface area contributed by atoms with Crippen LogP contribution >= 0.6 is 0 Å². The smallest absolute Gasteiger partial charge is 0.246 e. The molecule has 30 heavy (non-hydrogen) atoms. The van der Waals surface area contributed by atoms with E-state index in [0.29, 0.717) is 11.4 Å². The number of nitrogens with one attached hydrogen (secondary N) is 1. The monoisotopic (exact) mass is 403 g/mol. The number of anilines is 1. The molecule has 1 aliphatic rings. The van der Waals surface area contributed by atoms with Gasteiger partial charge in [0.1, 0.15) is 11.8 Å². The topological polar surface area (TPSA) is 46.5 Å². The molecule has 4 rings (SSSR count). The van der Waals surface area contributed by atoms with Gasteiger partial charge in [0.25, 0.3) is 0 Å². The van der Waals surface area contributed by atoms with Gasteiger partial charge in [-0.2, -0.15) is 0 Å². The minimum absolute atomic E-state index is 0.0359. The largest absolute Gasteiger partial charge is 0.495 e. The van der Waals surface area contributed by atoms with Gasteiger partial charge < -0.3 is 14.6 Å². The van der Waals surface area contributed by atoms with Crippen LogP contribution in [-0.4, -0.2) is 29.0 Å². The van der Waals surface area contributed by atoms with Crippen LogP contribution in [-0.2, 0) is 11.8 Å². The fraction of sp³-hybridized carbons (Fsp3) is 0.320. The summed E-state index contributed by atoms with van der Waals surface area (Å²) >= 11 is 0. The number of ether oxygens (including phenoxy) is 1. The number of benzene rings is 2. The minimum atomic E-state index is -0.376. The summed E-state index contributed by atoms with van der Waals surface area (Å²) in [7, 11) is 3.70. The summed E-state index contributed by atoms with van der Waals surface area (Å²) < 4.78 is 7.64. The molecular weight excluding hydrogens is 374 g/mol. The van der Waals surface area contributed by atoms with Crippen LogP contribution < -0.4 is 10.1 Å². The molecule has 156 valence electrons. The molecule has 1 saturated heterocycles. The zero-order chi connectivity index (χ0) is 21.1. The highest BCUT2D eigenvalue weighted by Gasteiger charge is 2.37. The second-order valence-electron chi connectivity index (χ2n) is 7.95. The van der Waals surface area contributed by atoms with Gasteiger partial charge in [-0.05, 0) is 61.7 Å². The van der Waals surface area contributed by atoms with E-state index in [1.807, 2.05) is 55.5 Å². The Kier molecular flexibility index (Phi) is 5.91. The molecule has 0 radical (unpaired) electrons. The number of likely N-dealkylation sites (tertiary alicyclic amines) is 1. The van der Waals surface area contributed by atoms with Crippen molar-refractivity contribution in [2.75, 3.05) is 19.0 Å².